The molecule has 0 spiro atoms. The van der Waals surface area contributed by atoms with Crippen molar-refractivity contribution in [2.24, 2.45) is 5.92 Å². The molecule has 0 radical (unpaired) electrons. The van der Waals surface area contributed by atoms with E-state index in [1.54, 1.807) is 17.0 Å². The molecule has 2 aliphatic heterocycles. The van der Waals surface area contributed by atoms with Gasteiger partial charge in [-0.3, -0.25) is 14.5 Å². The molecule has 2 atom stereocenters. The lowest BCUT2D eigenvalue weighted by Crippen LogP contribution is -2.46. The van der Waals surface area contributed by atoms with Gasteiger partial charge in [-0.1, -0.05) is 12.1 Å². The van der Waals surface area contributed by atoms with Crippen molar-refractivity contribution < 1.29 is 19.1 Å². The number of halogens is 1. The van der Waals surface area contributed by atoms with Crippen LogP contribution in [0.1, 0.15) is 24.3 Å². The van der Waals surface area contributed by atoms with Crippen LogP contribution in [0.25, 0.3) is 0 Å². The summed E-state index contributed by atoms with van der Waals surface area (Å²) >= 11 is 0. The Bertz CT molecular complexity index is 691. The Balaban J connectivity index is 1.64. The maximum Gasteiger partial charge on any atom is 0.308 e. The van der Waals surface area contributed by atoms with Crippen LogP contribution in [0.3, 0.4) is 0 Å². The number of amides is 1. The van der Waals surface area contributed by atoms with Crippen LogP contribution in [0.2, 0.25) is 0 Å². The van der Waals surface area contributed by atoms with Gasteiger partial charge in [-0.2, -0.15) is 0 Å². The van der Waals surface area contributed by atoms with Crippen molar-refractivity contribution in [1.82, 2.24) is 14.7 Å². The first-order valence-corrected chi connectivity index (χ1v) is 9.50. The molecule has 1 amide bonds. The number of carboxylic acid groups (broad SMARTS) is 1. The summed E-state index contributed by atoms with van der Waals surface area (Å²) in [5, 5.41) is 9.58. The van der Waals surface area contributed by atoms with Crippen LogP contribution in [-0.4, -0.2) is 84.5 Å². The Morgan fingerprint density at radius 1 is 1.26 bits per heavy atom. The monoisotopic (exact) mass is 377 g/mol. The number of nitrogens with zero attached hydrogens (tertiary/aromatic N) is 3. The molecule has 0 aliphatic carbocycles. The highest BCUT2D eigenvalue weighted by atomic mass is 19.1. The summed E-state index contributed by atoms with van der Waals surface area (Å²) in [6.07, 6.45) is 2.06. The molecule has 2 heterocycles. The molecule has 27 heavy (non-hydrogen) atoms. The fourth-order valence-electron chi connectivity index (χ4n) is 4.21. The fourth-order valence-corrected chi connectivity index (χ4v) is 4.21. The van der Waals surface area contributed by atoms with Gasteiger partial charge in [0.25, 0.3) is 0 Å². The molecule has 6 nitrogen and oxygen atoms in total. The topological polar surface area (TPSA) is 64.1 Å². The number of carbonyl (C=O) groups excluding carboxylic acids is 1. The van der Waals surface area contributed by atoms with Crippen molar-refractivity contribution >= 4 is 11.9 Å². The Kier molecular flexibility index (Phi) is 6.11. The van der Waals surface area contributed by atoms with E-state index in [4.69, 9.17) is 0 Å². The molecule has 2 fully saturated rings. The van der Waals surface area contributed by atoms with E-state index in [1.165, 1.54) is 12.1 Å². The quantitative estimate of drug-likeness (QED) is 0.842. The highest BCUT2D eigenvalue weighted by molar-refractivity contribution is 5.81. The third-order valence-electron chi connectivity index (χ3n) is 5.96. The Morgan fingerprint density at radius 2 is 1.96 bits per heavy atom. The lowest BCUT2D eigenvalue weighted by Gasteiger charge is -2.35. The summed E-state index contributed by atoms with van der Waals surface area (Å²) in [7, 11) is 4.06. The first-order chi connectivity index (χ1) is 12.8. The zero-order valence-electron chi connectivity index (χ0n) is 16.0. The van der Waals surface area contributed by atoms with E-state index in [1.807, 2.05) is 7.05 Å². The Labute approximate surface area is 159 Å². The minimum absolute atomic E-state index is 0.0541. The zero-order chi connectivity index (χ0) is 19.6. The van der Waals surface area contributed by atoms with Crippen LogP contribution in [0.5, 0.6) is 0 Å². The Hall–Kier alpha value is -1.99. The van der Waals surface area contributed by atoms with Crippen molar-refractivity contribution in [1.29, 1.82) is 0 Å². The van der Waals surface area contributed by atoms with Gasteiger partial charge >= 0.3 is 5.97 Å². The van der Waals surface area contributed by atoms with E-state index in [0.717, 1.165) is 25.9 Å². The number of aliphatic carboxylic acids is 1. The molecule has 0 unspecified atom stereocenters. The van der Waals surface area contributed by atoms with Gasteiger partial charge in [0.15, 0.2) is 0 Å². The molecule has 3 rings (SSSR count). The van der Waals surface area contributed by atoms with Crippen LogP contribution < -0.4 is 0 Å². The summed E-state index contributed by atoms with van der Waals surface area (Å²) in [6.45, 7) is 2.83. The average molecular weight is 377 g/mol. The van der Waals surface area contributed by atoms with Crippen LogP contribution in [0, 0.1) is 11.7 Å². The molecule has 2 saturated heterocycles. The minimum Gasteiger partial charge on any atom is -0.481 e. The number of likely N-dealkylation sites (N-methyl/N-ethyl adjacent to an activating group) is 1. The molecular weight excluding hydrogens is 349 g/mol. The largest absolute Gasteiger partial charge is 0.481 e. The summed E-state index contributed by atoms with van der Waals surface area (Å²) in [6, 6.07) is 6.42. The Morgan fingerprint density at radius 3 is 2.59 bits per heavy atom. The summed E-state index contributed by atoms with van der Waals surface area (Å²) in [5.74, 6) is -2.46. The SMILES string of the molecule is CN1CCC(N(C)CC(=O)N2C[C@H](C(=O)O)[C@@H](c3cccc(F)c3)C2)CC1. The number of carboxylic acids is 1. The highest BCUT2D eigenvalue weighted by Gasteiger charge is 2.40. The number of carbonyl (C=O) groups is 2. The predicted octanol–water partition coefficient (Wildman–Crippen LogP) is 1.48. The van der Waals surface area contributed by atoms with E-state index < -0.39 is 11.9 Å². The number of piperidine rings is 1. The summed E-state index contributed by atoms with van der Waals surface area (Å²) in [4.78, 5) is 30.5. The van der Waals surface area contributed by atoms with Gasteiger partial charge in [-0.15, -0.1) is 0 Å². The summed E-state index contributed by atoms with van der Waals surface area (Å²) < 4.78 is 13.6. The summed E-state index contributed by atoms with van der Waals surface area (Å²) in [5.41, 5.74) is 0.640. The third-order valence-corrected chi connectivity index (χ3v) is 5.96. The smallest absolute Gasteiger partial charge is 0.308 e. The molecule has 1 N–H and O–H groups in total. The molecule has 0 saturated carbocycles. The van der Waals surface area contributed by atoms with Gasteiger partial charge in [0.05, 0.1) is 12.5 Å². The maximum atomic E-state index is 13.6. The van der Waals surface area contributed by atoms with Gasteiger partial charge in [0.1, 0.15) is 5.82 Å². The lowest BCUT2D eigenvalue weighted by molar-refractivity contribution is -0.142. The van der Waals surface area contributed by atoms with E-state index in [9.17, 15) is 19.1 Å². The molecular formula is C20H28FN3O3. The van der Waals surface area contributed by atoms with E-state index in [0.29, 0.717) is 18.2 Å². The number of benzene rings is 1. The van der Waals surface area contributed by atoms with Gasteiger partial charge in [-0.25, -0.2) is 4.39 Å². The standard InChI is InChI=1S/C20H28FN3O3/c1-22-8-6-16(7-9-22)23(2)13-19(25)24-11-17(18(12-24)20(26)27)14-4-3-5-15(21)10-14/h3-5,10,16-18H,6-9,11-13H2,1-2H3,(H,26,27)/t17-,18+/m1/s1. The number of hydrogen-bond acceptors (Lipinski definition) is 4. The highest BCUT2D eigenvalue weighted by Crippen LogP contribution is 2.33. The van der Waals surface area contributed by atoms with Gasteiger partial charge < -0.3 is 14.9 Å². The van der Waals surface area contributed by atoms with Gasteiger partial charge in [0, 0.05) is 25.0 Å². The first kappa shape index (κ1) is 19.8. The van der Waals surface area contributed by atoms with Crippen molar-refractivity contribution in [3.05, 3.63) is 35.6 Å². The van der Waals surface area contributed by atoms with Crippen molar-refractivity contribution in [3.63, 3.8) is 0 Å². The number of rotatable bonds is 5. The minimum atomic E-state index is -0.941. The molecule has 1 aromatic carbocycles. The van der Waals surface area contributed by atoms with Crippen molar-refractivity contribution in [2.45, 2.75) is 24.8 Å². The van der Waals surface area contributed by atoms with Crippen LogP contribution in [-0.2, 0) is 9.59 Å². The predicted molar refractivity (Wildman–Crippen MR) is 100.0 cm³/mol. The van der Waals surface area contributed by atoms with E-state index in [2.05, 4.69) is 16.8 Å². The third kappa shape index (κ3) is 4.65. The average Bonchev–Trinajstić information content (AvgIpc) is 3.08. The van der Waals surface area contributed by atoms with E-state index >= 15 is 0 Å². The van der Waals surface area contributed by atoms with Crippen LogP contribution >= 0.6 is 0 Å². The van der Waals surface area contributed by atoms with Crippen LogP contribution in [0.15, 0.2) is 24.3 Å². The second kappa shape index (κ2) is 8.35. The second-order valence-electron chi connectivity index (χ2n) is 7.85. The number of likely N-dealkylation sites (tertiary alicyclic amines) is 2. The number of hydrogen-bond donors (Lipinski definition) is 1. The second-order valence-corrected chi connectivity index (χ2v) is 7.85. The van der Waals surface area contributed by atoms with Gasteiger partial charge in [-0.05, 0) is 57.7 Å². The maximum absolute atomic E-state index is 13.6. The van der Waals surface area contributed by atoms with Crippen LogP contribution in [0.4, 0.5) is 4.39 Å². The molecule has 1 aromatic rings. The molecule has 148 valence electrons. The molecule has 2 aliphatic rings. The fraction of sp³-hybridized carbons (Fsp3) is 0.600. The molecule has 7 heteroatoms. The van der Waals surface area contributed by atoms with Crippen molar-refractivity contribution in [3.8, 4) is 0 Å². The zero-order valence-corrected chi connectivity index (χ0v) is 16.0. The molecule has 0 bridgehead atoms. The first-order valence-electron chi connectivity index (χ1n) is 9.50. The normalized spacial score (nSPS) is 24.5. The lowest BCUT2D eigenvalue weighted by atomic mass is 9.89. The molecule has 0 aromatic heterocycles. The van der Waals surface area contributed by atoms with Gasteiger partial charge in [0.2, 0.25) is 5.91 Å². The van der Waals surface area contributed by atoms with Crippen molar-refractivity contribution in [2.75, 3.05) is 46.8 Å². The van der Waals surface area contributed by atoms with E-state index in [-0.39, 0.29) is 30.7 Å².